The second kappa shape index (κ2) is 5.15. The van der Waals surface area contributed by atoms with Crippen LogP contribution in [0.2, 0.25) is 0 Å². The van der Waals surface area contributed by atoms with Gasteiger partial charge in [0, 0.05) is 5.92 Å². The van der Waals surface area contributed by atoms with Gasteiger partial charge in [0.25, 0.3) is 0 Å². The van der Waals surface area contributed by atoms with Crippen LogP contribution in [0.1, 0.15) is 82.0 Å². The van der Waals surface area contributed by atoms with Crippen LogP contribution in [0.15, 0.2) is 0 Å². The maximum atomic E-state index is 4.32. The van der Waals surface area contributed by atoms with Crippen molar-refractivity contribution in [2.45, 2.75) is 76.2 Å². The molecule has 2 aliphatic rings. The highest BCUT2D eigenvalue weighted by Crippen LogP contribution is 2.34. The van der Waals surface area contributed by atoms with Gasteiger partial charge in [0.1, 0.15) is 0 Å². The molecule has 0 unspecified atom stereocenters. The summed E-state index contributed by atoms with van der Waals surface area (Å²) in [5, 5.41) is 12.5. The van der Waals surface area contributed by atoms with E-state index in [1.165, 1.54) is 70.0 Å². The van der Waals surface area contributed by atoms with Gasteiger partial charge in [-0.3, -0.25) is 0 Å². The fraction of sp³-hybridized carbons (Fsp3) is 0.923. The van der Waals surface area contributed by atoms with E-state index in [4.69, 9.17) is 0 Å². The van der Waals surface area contributed by atoms with Crippen molar-refractivity contribution in [1.29, 1.82) is 0 Å². The van der Waals surface area contributed by atoms with E-state index in [-0.39, 0.29) is 0 Å². The van der Waals surface area contributed by atoms with E-state index in [0.29, 0.717) is 12.0 Å². The molecule has 0 amide bonds. The van der Waals surface area contributed by atoms with Crippen molar-refractivity contribution in [2.75, 3.05) is 0 Å². The zero-order chi connectivity index (χ0) is 11.5. The minimum Gasteiger partial charge on any atom is -0.226 e. The predicted octanol–water partition coefficient (Wildman–Crippen LogP) is 3.23. The number of hydrogen-bond donors (Lipinski definition) is 0. The van der Waals surface area contributed by atoms with E-state index in [1.807, 2.05) is 0 Å². The van der Waals surface area contributed by atoms with Crippen LogP contribution in [0.4, 0.5) is 0 Å². The molecule has 2 aliphatic carbocycles. The number of tetrazole rings is 1. The van der Waals surface area contributed by atoms with E-state index >= 15 is 0 Å². The first-order chi connectivity index (χ1) is 8.45. The number of nitrogens with zero attached hydrogens (tertiary/aromatic N) is 4. The van der Waals surface area contributed by atoms with Gasteiger partial charge in [-0.05, 0) is 36.1 Å². The average molecular weight is 234 g/mol. The van der Waals surface area contributed by atoms with Crippen molar-refractivity contribution in [3.05, 3.63) is 5.82 Å². The third-order valence-corrected chi connectivity index (χ3v) is 4.41. The number of rotatable bonds is 2. The molecule has 4 nitrogen and oxygen atoms in total. The Morgan fingerprint density at radius 2 is 1.47 bits per heavy atom. The van der Waals surface area contributed by atoms with E-state index < -0.39 is 0 Å². The Labute approximate surface area is 103 Å². The van der Waals surface area contributed by atoms with Gasteiger partial charge in [-0.1, -0.05) is 38.5 Å². The quantitative estimate of drug-likeness (QED) is 0.789. The number of aromatic nitrogens is 4. The van der Waals surface area contributed by atoms with Gasteiger partial charge in [-0.25, -0.2) is 4.68 Å². The van der Waals surface area contributed by atoms with Gasteiger partial charge >= 0.3 is 0 Å². The molecule has 94 valence electrons. The van der Waals surface area contributed by atoms with Gasteiger partial charge < -0.3 is 0 Å². The SMILES string of the molecule is C1CCC(c2nnnn2C2CCCCC2)CC1. The second-order valence-corrected chi connectivity index (χ2v) is 5.61. The van der Waals surface area contributed by atoms with Crippen molar-refractivity contribution in [2.24, 2.45) is 0 Å². The summed E-state index contributed by atoms with van der Waals surface area (Å²) in [6.45, 7) is 0. The van der Waals surface area contributed by atoms with Gasteiger partial charge in [0.15, 0.2) is 5.82 Å². The van der Waals surface area contributed by atoms with E-state index in [9.17, 15) is 0 Å². The molecule has 2 fully saturated rings. The van der Waals surface area contributed by atoms with Crippen molar-refractivity contribution in [3.8, 4) is 0 Å². The Morgan fingerprint density at radius 3 is 2.18 bits per heavy atom. The molecule has 0 atom stereocenters. The largest absolute Gasteiger partial charge is 0.226 e. The fourth-order valence-corrected chi connectivity index (χ4v) is 3.42. The van der Waals surface area contributed by atoms with Crippen LogP contribution in [-0.2, 0) is 0 Å². The van der Waals surface area contributed by atoms with E-state index in [2.05, 4.69) is 20.2 Å². The van der Waals surface area contributed by atoms with Crippen molar-refractivity contribution in [1.82, 2.24) is 20.2 Å². The molecule has 0 radical (unpaired) electrons. The Bertz CT molecular complexity index is 316. The minimum atomic E-state index is 0.579. The first-order valence-corrected chi connectivity index (χ1v) is 7.23. The first kappa shape index (κ1) is 11.2. The second-order valence-electron chi connectivity index (χ2n) is 5.61. The van der Waals surface area contributed by atoms with Gasteiger partial charge in [-0.15, -0.1) is 5.10 Å². The lowest BCUT2D eigenvalue weighted by Gasteiger charge is -2.26. The van der Waals surface area contributed by atoms with Crippen molar-refractivity contribution < 1.29 is 0 Å². The average Bonchev–Trinajstić information content (AvgIpc) is 2.90. The normalized spacial score (nSPS) is 24.0. The van der Waals surface area contributed by atoms with Crippen LogP contribution < -0.4 is 0 Å². The monoisotopic (exact) mass is 234 g/mol. The molecule has 0 bridgehead atoms. The summed E-state index contributed by atoms with van der Waals surface area (Å²) in [5.74, 6) is 1.80. The van der Waals surface area contributed by atoms with Crippen LogP contribution >= 0.6 is 0 Å². The Hall–Kier alpha value is -0.930. The summed E-state index contributed by atoms with van der Waals surface area (Å²) in [5.41, 5.74) is 0. The molecular weight excluding hydrogens is 212 g/mol. The minimum absolute atomic E-state index is 0.579. The van der Waals surface area contributed by atoms with Crippen LogP contribution in [0.5, 0.6) is 0 Å². The molecule has 2 saturated carbocycles. The summed E-state index contributed by atoms with van der Waals surface area (Å²) in [6.07, 6.45) is 13.3. The molecule has 0 spiro atoms. The third-order valence-electron chi connectivity index (χ3n) is 4.41. The standard InChI is InChI=1S/C13H22N4/c1-3-7-11(8-4-1)13-14-15-16-17(13)12-9-5-2-6-10-12/h11-12H,1-10H2. The summed E-state index contributed by atoms with van der Waals surface area (Å²) < 4.78 is 2.16. The summed E-state index contributed by atoms with van der Waals surface area (Å²) in [7, 11) is 0. The summed E-state index contributed by atoms with van der Waals surface area (Å²) in [6, 6.07) is 0.579. The van der Waals surface area contributed by atoms with Crippen molar-refractivity contribution >= 4 is 0 Å². The molecule has 0 N–H and O–H groups in total. The van der Waals surface area contributed by atoms with E-state index in [0.717, 1.165) is 0 Å². The van der Waals surface area contributed by atoms with Crippen LogP contribution in [0.3, 0.4) is 0 Å². The lowest BCUT2D eigenvalue weighted by atomic mass is 9.88. The molecule has 0 aliphatic heterocycles. The topological polar surface area (TPSA) is 43.6 Å². The fourth-order valence-electron chi connectivity index (χ4n) is 3.42. The van der Waals surface area contributed by atoms with Crippen LogP contribution in [0.25, 0.3) is 0 Å². The Morgan fingerprint density at radius 1 is 0.824 bits per heavy atom. The summed E-state index contributed by atoms with van der Waals surface area (Å²) in [4.78, 5) is 0. The van der Waals surface area contributed by atoms with E-state index in [1.54, 1.807) is 0 Å². The van der Waals surface area contributed by atoms with Gasteiger partial charge in [-0.2, -0.15) is 0 Å². The number of hydrogen-bond acceptors (Lipinski definition) is 3. The van der Waals surface area contributed by atoms with Crippen LogP contribution in [-0.4, -0.2) is 20.2 Å². The van der Waals surface area contributed by atoms with Gasteiger partial charge in [0.05, 0.1) is 6.04 Å². The van der Waals surface area contributed by atoms with Crippen LogP contribution in [0, 0.1) is 0 Å². The predicted molar refractivity (Wildman–Crippen MR) is 65.8 cm³/mol. The Balaban J connectivity index is 1.77. The highest BCUT2D eigenvalue weighted by atomic mass is 15.5. The molecule has 1 aromatic heterocycles. The summed E-state index contributed by atoms with van der Waals surface area (Å²) >= 11 is 0. The molecule has 0 aromatic carbocycles. The molecule has 4 heteroatoms. The zero-order valence-corrected chi connectivity index (χ0v) is 10.5. The first-order valence-electron chi connectivity index (χ1n) is 7.23. The lowest BCUT2D eigenvalue weighted by Crippen LogP contribution is -2.20. The molecule has 1 aromatic rings. The van der Waals surface area contributed by atoms with Crippen molar-refractivity contribution in [3.63, 3.8) is 0 Å². The lowest BCUT2D eigenvalue weighted by molar-refractivity contribution is 0.302. The highest BCUT2D eigenvalue weighted by molar-refractivity contribution is 4.97. The smallest absolute Gasteiger partial charge is 0.154 e. The third kappa shape index (κ3) is 2.35. The van der Waals surface area contributed by atoms with Gasteiger partial charge in [0.2, 0.25) is 0 Å². The molecule has 1 heterocycles. The Kier molecular flexibility index (Phi) is 3.39. The maximum Gasteiger partial charge on any atom is 0.154 e. The molecular formula is C13H22N4. The zero-order valence-electron chi connectivity index (χ0n) is 10.5. The highest BCUT2D eigenvalue weighted by Gasteiger charge is 2.26. The molecule has 17 heavy (non-hydrogen) atoms. The molecule has 0 saturated heterocycles. The molecule has 3 rings (SSSR count). The maximum absolute atomic E-state index is 4.32.